The SMILES string of the molecule is Fc1ccc(F)c(NC(=S)Nc2cccnc2)c1. The molecule has 0 amide bonds. The van der Waals surface area contributed by atoms with Gasteiger partial charge in [0.15, 0.2) is 5.11 Å². The minimum Gasteiger partial charge on any atom is -0.331 e. The van der Waals surface area contributed by atoms with E-state index in [9.17, 15) is 8.78 Å². The van der Waals surface area contributed by atoms with Crippen LogP contribution in [0.1, 0.15) is 0 Å². The van der Waals surface area contributed by atoms with Gasteiger partial charge in [0.1, 0.15) is 11.6 Å². The molecule has 6 heteroatoms. The van der Waals surface area contributed by atoms with Gasteiger partial charge in [-0.25, -0.2) is 8.78 Å². The van der Waals surface area contributed by atoms with Crippen LogP contribution < -0.4 is 10.6 Å². The molecule has 18 heavy (non-hydrogen) atoms. The molecular formula is C12H9F2N3S. The molecule has 1 aromatic carbocycles. The molecule has 92 valence electrons. The van der Waals surface area contributed by atoms with E-state index in [0.29, 0.717) is 5.69 Å². The smallest absolute Gasteiger partial charge is 0.175 e. The van der Waals surface area contributed by atoms with E-state index < -0.39 is 11.6 Å². The third kappa shape index (κ3) is 3.21. The fourth-order valence-corrected chi connectivity index (χ4v) is 1.54. The molecule has 0 bridgehead atoms. The van der Waals surface area contributed by atoms with Crippen LogP contribution in [0.3, 0.4) is 0 Å². The summed E-state index contributed by atoms with van der Waals surface area (Å²) >= 11 is 4.98. The number of hydrogen-bond donors (Lipinski definition) is 2. The zero-order valence-corrected chi connectivity index (χ0v) is 9.97. The van der Waals surface area contributed by atoms with Crippen LogP contribution in [0, 0.1) is 11.6 Å². The van der Waals surface area contributed by atoms with Crippen LogP contribution in [-0.2, 0) is 0 Å². The summed E-state index contributed by atoms with van der Waals surface area (Å²) in [6.45, 7) is 0. The Labute approximate surface area is 108 Å². The Morgan fingerprint density at radius 1 is 1.17 bits per heavy atom. The zero-order chi connectivity index (χ0) is 13.0. The van der Waals surface area contributed by atoms with Crippen LogP contribution in [-0.4, -0.2) is 10.1 Å². The summed E-state index contributed by atoms with van der Waals surface area (Å²) in [5, 5.41) is 5.54. The van der Waals surface area contributed by atoms with Crippen LogP contribution in [0.5, 0.6) is 0 Å². The van der Waals surface area contributed by atoms with E-state index in [4.69, 9.17) is 12.2 Å². The Kier molecular flexibility index (Phi) is 3.78. The molecule has 0 aliphatic rings. The van der Waals surface area contributed by atoms with E-state index >= 15 is 0 Å². The van der Waals surface area contributed by atoms with Gasteiger partial charge in [0.05, 0.1) is 17.6 Å². The molecule has 0 aliphatic heterocycles. The molecule has 0 spiro atoms. The summed E-state index contributed by atoms with van der Waals surface area (Å²) in [6, 6.07) is 6.59. The van der Waals surface area contributed by atoms with Crippen LogP contribution in [0.2, 0.25) is 0 Å². The number of benzene rings is 1. The van der Waals surface area contributed by atoms with Gasteiger partial charge >= 0.3 is 0 Å². The maximum absolute atomic E-state index is 13.3. The Bertz CT molecular complexity index is 561. The number of anilines is 2. The Morgan fingerprint density at radius 3 is 2.72 bits per heavy atom. The van der Waals surface area contributed by atoms with E-state index in [-0.39, 0.29) is 10.8 Å². The number of nitrogens with one attached hydrogen (secondary N) is 2. The van der Waals surface area contributed by atoms with Gasteiger partial charge in [-0.05, 0) is 36.5 Å². The lowest BCUT2D eigenvalue weighted by Crippen LogP contribution is -2.19. The molecule has 0 radical (unpaired) electrons. The first-order chi connectivity index (χ1) is 8.65. The van der Waals surface area contributed by atoms with Crippen LogP contribution in [0.25, 0.3) is 0 Å². The molecule has 2 N–H and O–H groups in total. The molecule has 0 saturated carbocycles. The summed E-state index contributed by atoms with van der Waals surface area (Å²) < 4.78 is 26.3. The number of aromatic nitrogens is 1. The van der Waals surface area contributed by atoms with E-state index in [2.05, 4.69) is 15.6 Å². The highest BCUT2D eigenvalue weighted by Crippen LogP contribution is 2.15. The van der Waals surface area contributed by atoms with Crippen molar-refractivity contribution in [1.29, 1.82) is 0 Å². The number of pyridine rings is 1. The summed E-state index contributed by atoms with van der Waals surface area (Å²) in [5.74, 6) is -1.12. The molecule has 0 saturated heterocycles. The Hall–Kier alpha value is -2.08. The van der Waals surface area contributed by atoms with Gasteiger partial charge < -0.3 is 10.6 Å². The number of halogens is 2. The lowest BCUT2D eigenvalue weighted by Gasteiger charge is -2.10. The van der Waals surface area contributed by atoms with Crippen molar-refractivity contribution >= 4 is 28.7 Å². The van der Waals surface area contributed by atoms with Crippen molar-refractivity contribution in [2.45, 2.75) is 0 Å². The topological polar surface area (TPSA) is 37.0 Å². The molecular weight excluding hydrogens is 256 g/mol. The first kappa shape index (κ1) is 12.4. The first-order valence-electron chi connectivity index (χ1n) is 5.08. The molecule has 2 aromatic rings. The number of rotatable bonds is 2. The molecule has 0 unspecified atom stereocenters. The summed E-state index contributed by atoms with van der Waals surface area (Å²) in [5.41, 5.74) is 0.642. The molecule has 2 rings (SSSR count). The van der Waals surface area contributed by atoms with Crippen molar-refractivity contribution in [3.63, 3.8) is 0 Å². The van der Waals surface area contributed by atoms with Gasteiger partial charge in [-0.1, -0.05) is 0 Å². The van der Waals surface area contributed by atoms with Gasteiger partial charge in [0, 0.05) is 12.3 Å². The average Bonchev–Trinajstić information content (AvgIpc) is 2.35. The van der Waals surface area contributed by atoms with Gasteiger partial charge in [-0.3, -0.25) is 4.98 Å². The van der Waals surface area contributed by atoms with Crippen molar-refractivity contribution < 1.29 is 8.78 Å². The summed E-state index contributed by atoms with van der Waals surface area (Å²) in [6.07, 6.45) is 3.18. The second kappa shape index (κ2) is 5.50. The van der Waals surface area contributed by atoms with E-state index in [1.54, 1.807) is 24.5 Å². The highest BCUT2D eigenvalue weighted by molar-refractivity contribution is 7.80. The predicted molar refractivity (Wildman–Crippen MR) is 70.4 cm³/mol. The molecule has 0 aliphatic carbocycles. The van der Waals surface area contributed by atoms with Crippen molar-refractivity contribution in [3.05, 3.63) is 54.4 Å². The quantitative estimate of drug-likeness (QED) is 0.818. The van der Waals surface area contributed by atoms with Gasteiger partial charge in [-0.15, -0.1) is 0 Å². The maximum Gasteiger partial charge on any atom is 0.175 e. The minimum atomic E-state index is -0.577. The zero-order valence-electron chi connectivity index (χ0n) is 9.15. The van der Waals surface area contributed by atoms with E-state index in [0.717, 1.165) is 18.2 Å². The molecule has 3 nitrogen and oxygen atoms in total. The average molecular weight is 265 g/mol. The van der Waals surface area contributed by atoms with Crippen molar-refractivity contribution in [2.24, 2.45) is 0 Å². The largest absolute Gasteiger partial charge is 0.331 e. The fraction of sp³-hybridized carbons (Fsp3) is 0. The number of thiocarbonyl (C=S) groups is 1. The second-order valence-corrected chi connectivity index (χ2v) is 3.85. The monoisotopic (exact) mass is 265 g/mol. The van der Waals surface area contributed by atoms with Crippen molar-refractivity contribution in [1.82, 2.24) is 4.98 Å². The van der Waals surface area contributed by atoms with Gasteiger partial charge in [0.2, 0.25) is 0 Å². The molecule has 1 aromatic heterocycles. The van der Waals surface area contributed by atoms with E-state index in [1.807, 2.05) is 0 Å². The highest BCUT2D eigenvalue weighted by atomic mass is 32.1. The number of nitrogens with zero attached hydrogens (tertiary/aromatic N) is 1. The third-order valence-electron chi connectivity index (χ3n) is 2.10. The second-order valence-electron chi connectivity index (χ2n) is 3.44. The lowest BCUT2D eigenvalue weighted by atomic mass is 10.3. The normalized spacial score (nSPS) is 9.89. The molecule has 1 heterocycles. The van der Waals surface area contributed by atoms with Crippen LogP contribution in [0.4, 0.5) is 20.2 Å². The van der Waals surface area contributed by atoms with Crippen LogP contribution >= 0.6 is 12.2 Å². The highest BCUT2D eigenvalue weighted by Gasteiger charge is 2.05. The first-order valence-corrected chi connectivity index (χ1v) is 5.49. The Morgan fingerprint density at radius 2 is 2.00 bits per heavy atom. The van der Waals surface area contributed by atoms with Gasteiger partial charge in [-0.2, -0.15) is 0 Å². The standard InChI is InChI=1S/C12H9F2N3S/c13-8-3-4-10(14)11(6-8)17-12(18)16-9-2-1-5-15-7-9/h1-7H,(H2,16,17,18). The van der Waals surface area contributed by atoms with Crippen LogP contribution in [0.15, 0.2) is 42.7 Å². The molecule has 0 atom stereocenters. The summed E-state index contributed by atoms with van der Waals surface area (Å²) in [7, 11) is 0. The minimum absolute atomic E-state index is 0.0172. The predicted octanol–water partition coefficient (Wildman–Crippen LogP) is 3.17. The maximum atomic E-state index is 13.3. The third-order valence-corrected chi connectivity index (χ3v) is 2.30. The fourth-order valence-electron chi connectivity index (χ4n) is 1.31. The lowest BCUT2D eigenvalue weighted by molar-refractivity contribution is 0.604. The van der Waals surface area contributed by atoms with Crippen molar-refractivity contribution in [3.8, 4) is 0 Å². The van der Waals surface area contributed by atoms with Gasteiger partial charge in [0.25, 0.3) is 0 Å². The Balaban J connectivity index is 2.05. The number of hydrogen-bond acceptors (Lipinski definition) is 2. The molecule has 0 fully saturated rings. The van der Waals surface area contributed by atoms with E-state index in [1.165, 1.54) is 0 Å². The summed E-state index contributed by atoms with van der Waals surface area (Å²) in [4.78, 5) is 3.89. The van der Waals surface area contributed by atoms with Crippen molar-refractivity contribution in [2.75, 3.05) is 10.6 Å².